The van der Waals surface area contributed by atoms with E-state index >= 15 is 0 Å². The van der Waals surface area contributed by atoms with Crippen molar-refractivity contribution in [2.24, 2.45) is 0 Å². The first kappa shape index (κ1) is 21.4. The fourth-order valence-corrected chi connectivity index (χ4v) is 5.60. The highest BCUT2D eigenvalue weighted by Gasteiger charge is 2.31. The Hall–Kier alpha value is -4.16. The number of H-pyrrole nitrogens is 1. The van der Waals surface area contributed by atoms with Gasteiger partial charge in [0.15, 0.2) is 10.7 Å². The van der Waals surface area contributed by atoms with Gasteiger partial charge in [0.25, 0.3) is 10.0 Å². The van der Waals surface area contributed by atoms with Gasteiger partial charge in [-0.2, -0.15) is 5.10 Å². The number of anilines is 2. The van der Waals surface area contributed by atoms with Crippen molar-refractivity contribution < 1.29 is 8.42 Å². The zero-order valence-corrected chi connectivity index (χ0v) is 19.3. The van der Waals surface area contributed by atoms with E-state index in [9.17, 15) is 8.42 Å². The molecule has 6 rings (SSSR count). The van der Waals surface area contributed by atoms with Crippen molar-refractivity contribution in [3.05, 3.63) is 78.9 Å². The maximum Gasteiger partial charge on any atom is 0.259 e. The summed E-state index contributed by atoms with van der Waals surface area (Å²) < 4.78 is 30.2. The van der Waals surface area contributed by atoms with Crippen LogP contribution in [0.5, 0.6) is 0 Å². The van der Waals surface area contributed by atoms with E-state index in [1.165, 1.54) is 17.2 Å². The Balaban J connectivity index is 1.21. The first-order valence-corrected chi connectivity index (χ1v) is 12.6. The SMILES string of the molecule is O=S(=O)(NCCC1CN(c2ncnc3[nH]ncc23)c2ccccc21)c1cnnn1-c1ccccc1. The number of fused-ring (bicyclic) bond motifs is 2. The average Bonchev–Trinajstić information content (AvgIpc) is 3.63. The van der Waals surface area contributed by atoms with Gasteiger partial charge in [0.2, 0.25) is 0 Å². The summed E-state index contributed by atoms with van der Waals surface area (Å²) in [4.78, 5) is 10.9. The number of rotatable bonds is 7. The van der Waals surface area contributed by atoms with Crippen molar-refractivity contribution in [3.63, 3.8) is 0 Å². The van der Waals surface area contributed by atoms with E-state index in [-0.39, 0.29) is 17.5 Å². The van der Waals surface area contributed by atoms with E-state index in [1.807, 2.05) is 30.3 Å². The van der Waals surface area contributed by atoms with Crippen LogP contribution in [0.2, 0.25) is 0 Å². The first-order valence-electron chi connectivity index (χ1n) is 11.1. The predicted molar refractivity (Wildman–Crippen MR) is 129 cm³/mol. The summed E-state index contributed by atoms with van der Waals surface area (Å²) in [7, 11) is -3.81. The number of aromatic amines is 1. The second-order valence-electron chi connectivity index (χ2n) is 8.20. The molecule has 0 fully saturated rings. The lowest BCUT2D eigenvalue weighted by molar-refractivity contribution is 0.561. The third kappa shape index (κ3) is 3.82. The average molecular weight is 488 g/mol. The minimum Gasteiger partial charge on any atom is -0.325 e. The van der Waals surface area contributed by atoms with Gasteiger partial charge >= 0.3 is 0 Å². The lowest BCUT2D eigenvalue weighted by Gasteiger charge is -2.19. The van der Waals surface area contributed by atoms with Gasteiger partial charge in [-0.05, 0) is 30.2 Å². The molecule has 12 heteroatoms. The summed E-state index contributed by atoms with van der Waals surface area (Å²) in [6.45, 7) is 0.932. The third-order valence-electron chi connectivity index (χ3n) is 6.13. The molecule has 176 valence electrons. The molecule has 0 radical (unpaired) electrons. The first-order chi connectivity index (χ1) is 17.1. The lowest BCUT2D eigenvalue weighted by atomic mass is 9.98. The summed E-state index contributed by atoms with van der Waals surface area (Å²) in [6.07, 6.45) is 5.11. The molecule has 5 aromatic rings. The van der Waals surface area contributed by atoms with Gasteiger partial charge in [0.05, 0.1) is 23.5 Å². The number of aromatic nitrogens is 7. The van der Waals surface area contributed by atoms with Gasteiger partial charge < -0.3 is 4.90 Å². The van der Waals surface area contributed by atoms with Crippen LogP contribution >= 0.6 is 0 Å². The number of hydrogen-bond acceptors (Lipinski definition) is 8. The molecule has 11 nitrogen and oxygen atoms in total. The van der Waals surface area contributed by atoms with Crippen molar-refractivity contribution in [2.45, 2.75) is 17.4 Å². The van der Waals surface area contributed by atoms with Crippen molar-refractivity contribution in [1.29, 1.82) is 0 Å². The van der Waals surface area contributed by atoms with Crippen molar-refractivity contribution in [3.8, 4) is 5.69 Å². The molecule has 1 aliphatic rings. The highest BCUT2D eigenvalue weighted by molar-refractivity contribution is 7.89. The smallest absolute Gasteiger partial charge is 0.259 e. The molecule has 35 heavy (non-hydrogen) atoms. The van der Waals surface area contributed by atoms with Gasteiger partial charge in [0, 0.05) is 24.7 Å². The van der Waals surface area contributed by atoms with E-state index < -0.39 is 10.0 Å². The van der Waals surface area contributed by atoms with E-state index in [2.05, 4.69) is 52.2 Å². The summed E-state index contributed by atoms with van der Waals surface area (Å²) in [6, 6.07) is 17.2. The van der Waals surface area contributed by atoms with Crippen LogP contribution in [0.1, 0.15) is 17.9 Å². The molecule has 1 unspecified atom stereocenters. The van der Waals surface area contributed by atoms with Gasteiger partial charge in [-0.3, -0.25) is 5.10 Å². The number of hydrogen-bond donors (Lipinski definition) is 2. The van der Waals surface area contributed by atoms with E-state index in [4.69, 9.17) is 0 Å². The summed E-state index contributed by atoms with van der Waals surface area (Å²) >= 11 is 0. The van der Waals surface area contributed by atoms with Crippen LogP contribution in [0.25, 0.3) is 16.7 Å². The Bertz CT molecular complexity index is 1600. The van der Waals surface area contributed by atoms with Crippen LogP contribution in [0.4, 0.5) is 11.5 Å². The Kier molecular flexibility index (Phi) is 5.23. The van der Waals surface area contributed by atoms with Gasteiger partial charge in [-0.1, -0.05) is 41.6 Å². The van der Waals surface area contributed by atoms with Crippen LogP contribution in [0, 0.1) is 0 Å². The Morgan fingerprint density at radius 1 is 1.03 bits per heavy atom. The van der Waals surface area contributed by atoms with Crippen LogP contribution in [0.3, 0.4) is 0 Å². The molecule has 0 bridgehead atoms. The van der Waals surface area contributed by atoms with Gasteiger partial charge in [0.1, 0.15) is 12.1 Å². The molecule has 0 saturated carbocycles. The molecule has 0 aliphatic carbocycles. The minimum atomic E-state index is -3.81. The molecule has 4 heterocycles. The van der Waals surface area contributed by atoms with Gasteiger partial charge in [-0.15, -0.1) is 5.10 Å². The highest BCUT2D eigenvalue weighted by atomic mass is 32.2. The van der Waals surface area contributed by atoms with Crippen LogP contribution in [-0.2, 0) is 10.0 Å². The number of para-hydroxylation sites is 2. The van der Waals surface area contributed by atoms with Crippen molar-refractivity contribution in [2.75, 3.05) is 18.0 Å². The molecule has 0 saturated heterocycles. The number of nitrogens with zero attached hydrogens (tertiary/aromatic N) is 7. The monoisotopic (exact) mass is 487 g/mol. The normalized spacial score (nSPS) is 15.5. The number of nitrogens with one attached hydrogen (secondary N) is 2. The zero-order chi connectivity index (χ0) is 23.8. The minimum absolute atomic E-state index is 0.000448. The number of benzene rings is 2. The lowest BCUT2D eigenvalue weighted by Crippen LogP contribution is -2.28. The third-order valence-corrected chi connectivity index (χ3v) is 7.55. The van der Waals surface area contributed by atoms with Gasteiger partial charge in [-0.25, -0.2) is 27.8 Å². The summed E-state index contributed by atoms with van der Waals surface area (Å²) in [5.41, 5.74) is 3.50. The second-order valence-corrected chi connectivity index (χ2v) is 9.92. The zero-order valence-electron chi connectivity index (χ0n) is 18.5. The maximum atomic E-state index is 13.1. The summed E-state index contributed by atoms with van der Waals surface area (Å²) in [5.74, 6) is 0.889. The standard InChI is InChI=1S/C23H21N9O2S/c33-35(34,21-13-27-30-32(21)17-6-2-1-3-7-17)28-11-10-16-14-31(20-9-5-4-8-18(16)20)23-19-12-26-29-22(19)24-15-25-23/h1-9,12-13,15-16,28H,10-11,14H2,(H,24,25,26,29). The molecule has 2 aromatic carbocycles. The molecular weight excluding hydrogens is 466 g/mol. The largest absolute Gasteiger partial charge is 0.325 e. The molecule has 1 aliphatic heterocycles. The van der Waals surface area contributed by atoms with E-state index in [1.54, 1.807) is 18.3 Å². The van der Waals surface area contributed by atoms with Crippen LogP contribution in [0.15, 0.2) is 78.3 Å². The Morgan fingerprint density at radius 3 is 2.74 bits per heavy atom. The molecule has 0 amide bonds. The van der Waals surface area contributed by atoms with E-state index in [0.717, 1.165) is 22.5 Å². The Labute approximate surface area is 200 Å². The maximum absolute atomic E-state index is 13.1. The topological polar surface area (TPSA) is 135 Å². The molecule has 3 aromatic heterocycles. The fraction of sp³-hybridized carbons (Fsp3) is 0.174. The Morgan fingerprint density at radius 2 is 1.86 bits per heavy atom. The van der Waals surface area contributed by atoms with Crippen LogP contribution < -0.4 is 9.62 Å². The molecule has 0 spiro atoms. The number of sulfonamides is 1. The molecule has 1 atom stereocenters. The van der Waals surface area contributed by atoms with Crippen LogP contribution in [-0.4, -0.2) is 56.7 Å². The highest BCUT2D eigenvalue weighted by Crippen LogP contribution is 2.42. The molecule has 2 N–H and O–H groups in total. The molecular formula is C23H21N9O2S. The van der Waals surface area contributed by atoms with Crippen molar-refractivity contribution >= 4 is 32.6 Å². The summed E-state index contributed by atoms with van der Waals surface area (Å²) in [5, 5.41) is 15.6. The van der Waals surface area contributed by atoms with E-state index in [0.29, 0.717) is 24.3 Å². The van der Waals surface area contributed by atoms with Crippen molar-refractivity contribution in [1.82, 2.24) is 39.9 Å². The fourth-order valence-electron chi connectivity index (χ4n) is 4.51. The second kappa shape index (κ2) is 8.56. The quantitative estimate of drug-likeness (QED) is 0.358. The predicted octanol–water partition coefficient (Wildman–Crippen LogP) is 2.54.